The van der Waals surface area contributed by atoms with Crippen molar-refractivity contribution in [2.24, 2.45) is 0 Å². The van der Waals surface area contributed by atoms with Crippen LogP contribution in [0.4, 0.5) is 10.1 Å². The molecule has 1 amide bonds. The van der Waals surface area contributed by atoms with Gasteiger partial charge in [-0.15, -0.1) is 0 Å². The number of amides is 1. The molecule has 0 bridgehead atoms. The fourth-order valence-corrected chi connectivity index (χ4v) is 2.54. The van der Waals surface area contributed by atoms with E-state index in [0.717, 1.165) is 31.6 Å². The van der Waals surface area contributed by atoms with Crippen LogP contribution in [0.25, 0.3) is 0 Å². The fraction of sp³-hybridized carbons (Fsp3) is 0.462. The van der Waals surface area contributed by atoms with Crippen LogP contribution in [0.5, 0.6) is 0 Å². The van der Waals surface area contributed by atoms with Crippen LogP contribution in [-0.2, 0) is 4.79 Å². The molecule has 1 aromatic carbocycles. The zero-order valence-corrected chi connectivity index (χ0v) is 11.8. The average molecular weight is 315 g/mol. The largest absolute Gasteiger partial charge is 0.382 e. The summed E-state index contributed by atoms with van der Waals surface area (Å²) in [7, 11) is 0. The summed E-state index contributed by atoms with van der Waals surface area (Å²) in [6, 6.07) is 5.26. The Balaban J connectivity index is 1.91. The zero-order valence-electron chi connectivity index (χ0n) is 10.2. The molecule has 0 unspecified atom stereocenters. The lowest BCUT2D eigenvalue weighted by Crippen LogP contribution is -2.41. The molecule has 1 fully saturated rings. The second-order valence-corrected chi connectivity index (χ2v) is 5.41. The molecular weight excluding hydrogens is 299 g/mol. The Morgan fingerprint density at radius 3 is 2.67 bits per heavy atom. The molecular formula is C13H16BrFN2O. The van der Waals surface area contributed by atoms with E-state index in [9.17, 15) is 9.18 Å². The Morgan fingerprint density at radius 2 is 2.11 bits per heavy atom. The third-order valence-electron chi connectivity index (χ3n) is 3.23. The monoisotopic (exact) mass is 314 g/mol. The maximum Gasteiger partial charge on any atom is 0.219 e. The maximum absolute atomic E-state index is 13.1. The number of carbonyl (C=O) groups is 1. The number of nitrogens with one attached hydrogen (secondary N) is 1. The summed E-state index contributed by atoms with van der Waals surface area (Å²) in [6.07, 6.45) is 1.85. The minimum Gasteiger partial charge on any atom is -0.382 e. The third-order valence-corrected chi connectivity index (χ3v) is 3.84. The van der Waals surface area contributed by atoms with Crippen LogP contribution in [-0.4, -0.2) is 29.9 Å². The van der Waals surface area contributed by atoms with E-state index in [2.05, 4.69) is 21.2 Å². The van der Waals surface area contributed by atoms with Gasteiger partial charge in [-0.2, -0.15) is 0 Å². The van der Waals surface area contributed by atoms with Crippen LogP contribution in [0.3, 0.4) is 0 Å². The first-order valence-electron chi connectivity index (χ1n) is 6.03. The van der Waals surface area contributed by atoms with Crippen molar-refractivity contribution >= 4 is 27.5 Å². The molecule has 1 aromatic rings. The van der Waals surface area contributed by atoms with E-state index in [1.807, 2.05) is 4.90 Å². The molecule has 0 spiro atoms. The molecule has 1 saturated heterocycles. The zero-order chi connectivity index (χ0) is 13.1. The van der Waals surface area contributed by atoms with Gasteiger partial charge >= 0.3 is 0 Å². The number of benzene rings is 1. The lowest BCUT2D eigenvalue weighted by molar-refractivity contribution is -0.129. The van der Waals surface area contributed by atoms with Gasteiger partial charge in [0.15, 0.2) is 0 Å². The van der Waals surface area contributed by atoms with Crippen LogP contribution in [0.15, 0.2) is 22.7 Å². The number of carbonyl (C=O) groups excluding carboxylic acids is 1. The summed E-state index contributed by atoms with van der Waals surface area (Å²) in [4.78, 5) is 13.1. The number of likely N-dealkylation sites (tertiary alicyclic amines) is 1. The summed E-state index contributed by atoms with van der Waals surface area (Å²) in [5.41, 5.74) is 0.907. The summed E-state index contributed by atoms with van der Waals surface area (Å²) >= 11 is 3.17. The Kier molecular flexibility index (Phi) is 4.22. The number of anilines is 1. The minimum absolute atomic E-state index is 0.137. The van der Waals surface area contributed by atoms with Crippen molar-refractivity contribution in [3.63, 3.8) is 0 Å². The van der Waals surface area contributed by atoms with Crippen LogP contribution in [0.1, 0.15) is 19.8 Å². The van der Waals surface area contributed by atoms with Gasteiger partial charge in [-0.25, -0.2) is 4.39 Å². The molecule has 0 aromatic heterocycles. The van der Waals surface area contributed by atoms with Crippen LogP contribution < -0.4 is 5.32 Å². The Labute approximate surface area is 114 Å². The molecule has 5 heteroatoms. The van der Waals surface area contributed by atoms with E-state index in [1.165, 1.54) is 6.07 Å². The van der Waals surface area contributed by atoms with E-state index in [1.54, 1.807) is 19.1 Å². The number of hydrogen-bond acceptors (Lipinski definition) is 2. The highest BCUT2D eigenvalue weighted by molar-refractivity contribution is 9.10. The molecule has 3 nitrogen and oxygen atoms in total. The lowest BCUT2D eigenvalue weighted by atomic mass is 10.0. The topological polar surface area (TPSA) is 32.3 Å². The van der Waals surface area contributed by atoms with Gasteiger partial charge in [0.2, 0.25) is 5.91 Å². The van der Waals surface area contributed by atoms with Crippen molar-refractivity contribution in [3.05, 3.63) is 28.5 Å². The first-order valence-corrected chi connectivity index (χ1v) is 6.82. The molecule has 98 valence electrons. The van der Waals surface area contributed by atoms with Crippen molar-refractivity contribution in [2.75, 3.05) is 18.4 Å². The van der Waals surface area contributed by atoms with E-state index in [0.29, 0.717) is 10.5 Å². The number of hydrogen-bond donors (Lipinski definition) is 1. The van der Waals surface area contributed by atoms with Gasteiger partial charge in [-0.1, -0.05) is 0 Å². The molecule has 0 atom stereocenters. The van der Waals surface area contributed by atoms with Gasteiger partial charge in [0.1, 0.15) is 5.82 Å². The normalized spacial score (nSPS) is 16.7. The third kappa shape index (κ3) is 3.22. The Morgan fingerprint density at radius 1 is 1.44 bits per heavy atom. The lowest BCUT2D eigenvalue weighted by Gasteiger charge is -2.32. The minimum atomic E-state index is -0.257. The van der Waals surface area contributed by atoms with Gasteiger partial charge < -0.3 is 10.2 Å². The highest BCUT2D eigenvalue weighted by Gasteiger charge is 2.20. The fourth-order valence-electron chi connectivity index (χ4n) is 2.16. The maximum atomic E-state index is 13.1. The first-order chi connectivity index (χ1) is 8.56. The Bertz CT molecular complexity index is 445. The van der Waals surface area contributed by atoms with Crippen LogP contribution >= 0.6 is 15.9 Å². The number of halogens is 2. The first kappa shape index (κ1) is 13.3. The Hall–Kier alpha value is -1.10. The van der Waals surface area contributed by atoms with Crippen molar-refractivity contribution in [2.45, 2.75) is 25.8 Å². The summed E-state index contributed by atoms with van der Waals surface area (Å²) in [6.45, 7) is 3.18. The van der Waals surface area contributed by atoms with E-state index in [4.69, 9.17) is 0 Å². The second kappa shape index (κ2) is 5.69. The van der Waals surface area contributed by atoms with Crippen molar-refractivity contribution in [1.29, 1.82) is 0 Å². The molecule has 1 N–H and O–H groups in total. The van der Waals surface area contributed by atoms with Crippen LogP contribution in [0, 0.1) is 5.82 Å². The predicted molar refractivity (Wildman–Crippen MR) is 73.0 cm³/mol. The molecule has 0 aliphatic carbocycles. The SMILES string of the molecule is CC(=O)N1CCC(Nc2ccc(F)c(Br)c2)CC1. The van der Waals surface area contributed by atoms with Gasteiger partial charge in [0.05, 0.1) is 4.47 Å². The van der Waals surface area contributed by atoms with E-state index < -0.39 is 0 Å². The standard InChI is InChI=1S/C13H16BrFN2O/c1-9(18)17-6-4-10(5-7-17)16-11-2-3-13(15)12(14)8-11/h2-3,8,10,16H,4-7H2,1H3. The predicted octanol–water partition coefficient (Wildman–Crippen LogP) is 3.01. The van der Waals surface area contributed by atoms with Crippen molar-refractivity contribution in [1.82, 2.24) is 4.90 Å². The number of nitrogens with zero attached hydrogens (tertiary/aromatic N) is 1. The molecule has 1 aliphatic rings. The van der Waals surface area contributed by atoms with Crippen LogP contribution in [0.2, 0.25) is 0 Å². The summed E-state index contributed by atoms with van der Waals surface area (Å²) in [5.74, 6) is -0.120. The molecule has 1 heterocycles. The van der Waals surface area contributed by atoms with Gasteiger partial charge in [0, 0.05) is 31.7 Å². The summed E-state index contributed by atoms with van der Waals surface area (Å²) in [5, 5.41) is 3.37. The van der Waals surface area contributed by atoms with E-state index in [-0.39, 0.29) is 11.7 Å². The smallest absolute Gasteiger partial charge is 0.219 e. The number of piperidine rings is 1. The molecule has 0 radical (unpaired) electrons. The second-order valence-electron chi connectivity index (χ2n) is 4.55. The van der Waals surface area contributed by atoms with Gasteiger partial charge in [0.25, 0.3) is 0 Å². The van der Waals surface area contributed by atoms with Gasteiger partial charge in [-0.05, 0) is 47.0 Å². The van der Waals surface area contributed by atoms with Gasteiger partial charge in [-0.3, -0.25) is 4.79 Å². The highest BCUT2D eigenvalue weighted by atomic mass is 79.9. The van der Waals surface area contributed by atoms with Crippen molar-refractivity contribution < 1.29 is 9.18 Å². The van der Waals surface area contributed by atoms with Crippen molar-refractivity contribution in [3.8, 4) is 0 Å². The number of rotatable bonds is 2. The molecule has 18 heavy (non-hydrogen) atoms. The quantitative estimate of drug-likeness (QED) is 0.910. The summed E-state index contributed by atoms with van der Waals surface area (Å²) < 4.78 is 13.6. The molecule has 0 saturated carbocycles. The highest BCUT2D eigenvalue weighted by Crippen LogP contribution is 2.22. The average Bonchev–Trinajstić information content (AvgIpc) is 2.34. The molecule has 1 aliphatic heterocycles. The van der Waals surface area contributed by atoms with E-state index >= 15 is 0 Å². The molecule has 2 rings (SSSR count).